The largest absolute Gasteiger partial charge is 0.462 e. The van der Waals surface area contributed by atoms with Gasteiger partial charge in [-0.1, -0.05) is 44.8 Å². The summed E-state index contributed by atoms with van der Waals surface area (Å²) in [5.74, 6) is -0.883. The van der Waals surface area contributed by atoms with Gasteiger partial charge in [0.15, 0.2) is 0 Å². The maximum Gasteiger partial charge on any atom is 0.339 e. The fraction of sp³-hybridized carbons (Fsp3) is 0.222. The highest BCUT2D eigenvalue weighted by molar-refractivity contribution is 8.76. The number of esters is 2. The van der Waals surface area contributed by atoms with Gasteiger partial charge in [0, 0.05) is 9.79 Å². The highest BCUT2D eigenvalue weighted by atomic mass is 35.5. The highest BCUT2D eigenvalue weighted by Gasteiger charge is 2.14. The second-order valence-corrected chi connectivity index (χ2v) is 7.98. The summed E-state index contributed by atoms with van der Waals surface area (Å²) in [5, 5.41) is 0.675. The lowest BCUT2D eigenvalue weighted by atomic mass is 10.2. The minimum absolute atomic E-state index is 0.296. The van der Waals surface area contributed by atoms with E-state index in [2.05, 4.69) is 0 Å². The maximum atomic E-state index is 11.8. The Hall–Kier alpha value is -1.34. The van der Waals surface area contributed by atoms with Crippen molar-refractivity contribution in [1.29, 1.82) is 0 Å². The number of carbonyl (C=O) groups is 2. The Labute approximate surface area is 169 Å². The average molecular weight is 431 g/mol. The van der Waals surface area contributed by atoms with Crippen LogP contribution in [-0.2, 0) is 9.47 Å². The molecule has 26 heavy (non-hydrogen) atoms. The van der Waals surface area contributed by atoms with Crippen LogP contribution < -0.4 is 0 Å². The number of hydrogen-bond acceptors (Lipinski definition) is 6. The third-order valence-electron chi connectivity index (χ3n) is 3.11. The van der Waals surface area contributed by atoms with Crippen molar-refractivity contribution in [3.8, 4) is 0 Å². The number of halogens is 2. The molecule has 4 nitrogen and oxygen atoms in total. The van der Waals surface area contributed by atoms with Gasteiger partial charge in [0.25, 0.3) is 0 Å². The van der Waals surface area contributed by atoms with Crippen LogP contribution in [0.5, 0.6) is 0 Å². The quantitative estimate of drug-likeness (QED) is 0.387. The van der Waals surface area contributed by atoms with Crippen LogP contribution in [0.3, 0.4) is 0 Å². The first-order chi connectivity index (χ1) is 12.5. The summed E-state index contributed by atoms with van der Waals surface area (Å²) >= 11 is 12.3. The van der Waals surface area contributed by atoms with Crippen LogP contribution in [0.4, 0.5) is 0 Å². The molecule has 0 aromatic heterocycles. The Balaban J connectivity index is 2.05. The Kier molecular flexibility index (Phi) is 8.15. The van der Waals surface area contributed by atoms with Crippen LogP contribution in [0.2, 0.25) is 10.0 Å². The molecule has 0 aliphatic heterocycles. The minimum Gasteiger partial charge on any atom is -0.462 e. The van der Waals surface area contributed by atoms with Gasteiger partial charge < -0.3 is 9.47 Å². The first-order valence-corrected chi connectivity index (χ1v) is 10.6. The van der Waals surface area contributed by atoms with Crippen LogP contribution in [-0.4, -0.2) is 25.2 Å². The number of benzene rings is 2. The second kappa shape index (κ2) is 10.1. The van der Waals surface area contributed by atoms with Crippen LogP contribution in [0.1, 0.15) is 34.6 Å². The van der Waals surface area contributed by atoms with E-state index in [9.17, 15) is 9.59 Å². The van der Waals surface area contributed by atoms with Gasteiger partial charge >= 0.3 is 11.9 Å². The molecule has 0 fully saturated rings. The zero-order valence-corrected chi connectivity index (χ0v) is 17.2. The molecule has 0 saturated carbocycles. The van der Waals surface area contributed by atoms with Crippen molar-refractivity contribution in [3.63, 3.8) is 0 Å². The lowest BCUT2D eigenvalue weighted by Gasteiger charge is -2.08. The van der Waals surface area contributed by atoms with Crippen molar-refractivity contribution in [2.24, 2.45) is 0 Å². The second-order valence-electron chi connectivity index (χ2n) is 4.89. The van der Waals surface area contributed by atoms with Crippen molar-refractivity contribution in [3.05, 3.63) is 57.6 Å². The Morgan fingerprint density at radius 3 is 1.50 bits per heavy atom. The van der Waals surface area contributed by atoms with Crippen molar-refractivity contribution in [1.82, 2.24) is 0 Å². The summed E-state index contributed by atoms with van der Waals surface area (Å²) in [5.41, 5.74) is 0.675. The van der Waals surface area contributed by atoms with E-state index < -0.39 is 11.9 Å². The monoisotopic (exact) mass is 430 g/mol. The molecule has 8 heteroatoms. The summed E-state index contributed by atoms with van der Waals surface area (Å²) < 4.78 is 9.90. The molecule has 138 valence electrons. The topological polar surface area (TPSA) is 52.6 Å². The predicted molar refractivity (Wildman–Crippen MR) is 107 cm³/mol. The van der Waals surface area contributed by atoms with Gasteiger partial charge in [0.1, 0.15) is 0 Å². The Bertz CT molecular complexity index is 744. The van der Waals surface area contributed by atoms with E-state index in [-0.39, 0.29) is 0 Å². The van der Waals surface area contributed by atoms with Crippen LogP contribution in [0.25, 0.3) is 0 Å². The van der Waals surface area contributed by atoms with E-state index in [0.717, 1.165) is 9.79 Å². The maximum absolute atomic E-state index is 11.8. The standard InChI is InChI=1S/C18H16Cl2O4S2/c1-3-23-17(21)13-7-5-11(9-15(13)19)25-26-12-6-8-14(16(20)10-12)18(22)24-4-2/h5-10H,3-4H2,1-2H3. The number of carbonyl (C=O) groups excluding carboxylic acids is 2. The highest BCUT2D eigenvalue weighted by Crippen LogP contribution is 2.40. The minimum atomic E-state index is -0.442. The molecular formula is C18H16Cl2O4S2. The Morgan fingerprint density at radius 2 is 1.19 bits per heavy atom. The normalized spacial score (nSPS) is 10.5. The molecule has 0 spiro atoms. The van der Waals surface area contributed by atoms with Gasteiger partial charge in [-0.3, -0.25) is 0 Å². The molecule has 2 rings (SSSR count). The van der Waals surface area contributed by atoms with Gasteiger partial charge in [0.2, 0.25) is 0 Å². The summed E-state index contributed by atoms with van der Waals surface area (Å²) in [7, 11) is 2.92. The average Bonchev–Trinajstić information content (AvgIpc) is 2.60. The predicted octanol–water partition coefficient (Wildman–Crippen LogP) is 6.15. The fourth-order valence-corrected chi connectivity index (χ4v) is 4.56. The van der Waals surface area contributed by atoms with Gasteiger partial charge in [-0.05, 0) is 50.2 Å². The first-order valence-electron chi connectivity index (χ1n) is 7.74. The van der Waals surface area contributed by atoms with E-state index in [1.54, 1.807) is 50.2 Å². The zero-order chi connectivity index (χ0) is 19.1. The third kappa shape index (κ3) is 5.58. The summed E-state index contributed by atoms with van der Waals surface area (Å²) in [6, 6.07) is 10.3. The van der Waals surface area contributed by atoms with E-state index >= 15 is 0 Å². The first kappa shape index (κ1) is 21.0. The van der Waals surface area contributed by atoms with Crippen LogP contribution >= 0.6 is 44.8 Å². The molecule has 0 radical (unpaired) electrons. The molecule has 0 amide bonds. The molecule has 0 atom stereocenters. The van der Waals surface area contributed by atoms with E-state index in [0.29, 0.717) is 34.4 Å². The lowest BCUT2D eigenvalue weighted by molar-refractivity contribution is 0.0517. The molecule has 2 aromatic carbocycles. The van der Waals surface area contributed by atoms with Crippen molar-refractivity contribution in [2.45, 2.75) is 23.6 Å². The van der Waals surface area contributed by atoms with Crippen molar-refractivity contribution < 1.29 is 19.1 Å². The van der Waals surface area contributed by atoms with Gasteiger partial charge in [0.05, 0.1) is 34.4 Å². The summed E-state index contributed by atoms with van der Waals surface area (Å²) in [4.78, 5) is 25.3. The number of ether oxygens (including phenoxy) is 2. The summed E-state index contributed by atoms with van der Waals surface area (Å²) in [6.45, 7) is 4.07. The van der Waals surface area contributed by atoms with Gasteiger partial charge in [-0.2, -0.15) is 0 Å². The Morgan fingerprint density at radius 1 is 0.808 bits per heavy atom. The van der Waals surface area contributed by atoms with E-state index in [1.807, 2.05) is 0 Å². The lowest BCUT2D eigenvalue weighted by Crippen LogP contribution is -2.05. The molecule has 0 aliphatic carbocycles. The third-order valence-corrected chi connectivity index (χ3v) is 6.11. The van der Waals surface area contributed by atoms with Gasteiger partial charge in [-0.25, -0.2) is 9.59 Å². The molecule has 2 aromatic rings. The van der Waals surface area contributed by atoms with Gasteiger partial charge in [-0.15, -0.1) is 0 Å². The SMILES string of the molecule is CCOC(=O)c1ccc(SSc2ccc(C(=O)OCC)c(Cl)c2)cc1Cl. The molecule has 0 unspecified atom stereocenters. The van der Waals surface area contributed by atoms with Crippen molar-refractivity contribution >= 4 is 56.7 Å². The number of hydrogen-bond donors (Lipinski definition) is 0. The zero-order valence-electron chi connectivity index (χ0n) is 14.1. The van der Waals surface area contributed by atoms with E-state index in [1.165, 1.54) is 21.6 Å². The fourth-order valence-electron chi connectivity index (χ4n) is 1.94. The molecular weight excluding hydrogens is 415 g/mol. The van der Waals surface area contributed by atoms with Crippen molar-refractivity contribution in [2.75, 3.05) is 13.2 Å². The molecule has 0 saturated heterocycles. The smallest absolute Gasteiger partial charge is 0.339 e. The van der Waals surface area contributed by atoms with Crippen LogP contribution in [0.15, 0.2) is 46.2 Å². The molecule has 0 heterocycles. The van der Waals surface area contributed by atoms with Crippen LogP contribution in [0, 0.1) is 0 Å². The molecule has 0 N–H and O–H groups in total. The number of rotatable bonds is 7. The molecule has 0 aliphatic rings. The summed E-state index contributed by atoms with van der Waals surface area (Å²) in [6.07, 6.45) is 0. The molecule has 0 bridgehead atoms. The van der Waals surface area contributed by atoms with E-state index in [4.69, 9.17) is 32.7 Å².